The minimum absolute atomic E-state index is 0.157. The molecule has 0 aliphatic carbocycles. The maximum absolute atomic E-state index is 11.7. The average Bonchev–Trinajstić information content (AvgIpc) is 2.95. The molecular weight excluding hydrogens is 234 g/mol. The van der Waals surface area contributed by atoms with E-state index in [1.165, 1.54) is 6.42 Å². The molecule has 2 rings (SSSR count). The topological polar surface area (TPSA) is 54.0 Å². The minimum atomic E-state index is 0.157. The molecule has 17 heavy (non-hydrogen) atoms. The van der Waals surface area contributed by atoms with Crippen LogP contribution in [0.4, 0.5) is 0 Å². The van der Waals surface area contributed by atoms with Gasteiger partial charge in [0.25, 0.3) is 0 Å². The lowest BCUT2D eigenvalue weighted by molar-refractivity contribution is -0.121. The zero-order chi connectivity index (χ0) is 12.1. The summed E-state index contributed by atoms with van der Waals surface area (Å²) in [6.07, 6.45) is 2.85. The molecule has 0 spiro atoms. The molecule has 2 N–H and O–H groups in total. The van der Waals surface area contributed by atoms with Crippen LogP contribution in [0.15, 0.2) is 5.51 Å². The van der Waals surface area contributed by atoms with Crippen molar-refractivity contribution in [1.29, 1.82) is 0 Å². The quantitative estimate of drug-likeness (QED) is 0.835. The Bertz CT molecular complexity index is 372. The molecule has 1 unspecified atom stereocenters. The first kappa shape index (κ1) is 12.5. The van der Waals surface area contributed by atoms with Gasteiger partial charge in [-0.3, -0.25) is 4.79 Å². The van der Waals surface area contributed by atoms with Gasteiger partial charge < -0.3 is 10.6 Å². The van der Waals surface area contributed by atoms with Crippen LogP contribution in [0.25, 0.3) is 0 Å². The second-order valence-electron chi connectivity index (χ2n) is 4.54. The van der Waals surface area contributed by atoms with Crippen LogP contribution in [0.5, 0.6) is 0 Å². The standard InChI is InChI=1S/C12H19N3OS/c1-9-11(17-8-15-9)7-14-12(16)3-2-10-4-5-13-6-10/h8,10,13H,2-7H2,1H3,(H,14,16). The number of carbonyl (C=O) groups excluding carboxylic acids is 1. The van der Waals surface area contributed by atoms with Gasteiger partial charge in [-0.25, -0.2) is 4.98 Å². The van der Waals surface area contributed by atoms with Crippen LogP contribution >= 0.6 is 11.3 Å². The molecule has 0 radical (unpaired) electrons. The van der Waals surface area contributed by atoms with E-state index < -0.39 is 0 Å². The molecule has 1 amide bonds. The fraction of sp³-hybridized carbons (Fsp3) is 0.667. The summed E-state index contributed by atoms with van der Waals surface area (Å²) in [4.78, 5) is 17.0. The molecule has 0 saturated carbocycles. The summed E-state index contributed by atoms with van der Waals surface area (Å²) in [6, 6.07) is 0. The zero-order valence-electron chi connectivity index (χ0n) is 10.2. The molecular formula is C12H19N3OS. The highest BCUT2D eigenvalue weighted by Crippen LogP contribution is 2.14. The molecule has 1 aromatic rings. The van der Waals surface area contributed by atoms with E-state index in [2.05, 4.69) is 15.6 Å². The fourth-order valence-electron chi connectivity index (χ4n) is 2.06. The summed E-state index contributed by atoms with van der Waals surface area (Å²) < 4.78 is 0. The van der Waals surface area contributed by atoms with Crippen LogP contribution in [0.3, 0.4) is 0 Å². The van der Waals surface area contributed by atoms with Gasteiger partial charge in [0, 0.05) is 11.3 Å². The molecule has 1 aliphatic heterocycles. The SMILES string of the molecule is Cc1ncsc1CNC(=O)CCC1CCNC1. The molecule has 1 atom stereocenters. The average molecular weight is 253 g/mol. The Balaban J connectivity index is 1.65. The van der Waals surface area contributed by atoms with E-state index >= 15 is 0 Å². The maximum Gasteiger partial charge on any atom is 0.220 e. The van der Waals surface area contributed by atoms with Crippen molar-refractivity contribution in [3.63, 3.8) is 0 Å². The van der Waals surface area contributed by atoms with Gasteiger partial charge in [-0.2, -0.15) is 0 Å². The third kappa shape index (κ3) is 3.78. The smallest absolute Gasteiger partial charge is 0.220 e. The largest absolute Gasteiger partial charge is 0.351 e. The highest BCUT2D eigenvalue weighted by atomic mass is 32.1. The first-order chi connectivity index (χ1) is 8.25. The Morgan fingerprint density at radius 1 is 1.71 bits per heavy atom. The van der Waals surface area contributed by atoms with E-state index in [0.717, 1.165) is 30.1 Å². The predicted octanol–water partition coefficient (Wildman–Crippen LogP) is 1.46. The number of hydrogen-bond acceptors (Lipinski definition) is 4. The normalized spacial score (nSPS) is 19.5. The lowest BCUT2D eigenvalue weighted by Gasteiger charge is -2.08. The monoisotopic (exact) mass is 253 g/mol. The maximum atomic E-state index is 11.7. The van der Waals surface area contributed by atoms with E-state index in [-0.39, 0.29) is 5.91 Å². The molecule has 94 valence electrons. The van der Waals surface area contributed by atoms with Crippen LogP contribution in [0.2, 0.25) is 0 Å². The number of aryl methyl sites for hydroxylation is 1. The van der Waals surface area contributed by atoms with Crippen molar-refractivity contribution >= 4 is 17.2 Å². The van der Waals surface area contributed by atoms with Gasteiger partial charge in [-0.1, -0.05) is 0 Å². The van der Waals surface area contributed by atoms with Gasteiger partial charge in [0.05, 0.1) is 17.7 Å². The first-order valence-electron chi connectivity index (χ1n) is 6.12. The fourth-order valence-corrected chi connectivity index (χ4v) is 2.78. The molecule has 4 nitrogen and oxygen atoms in total. The number of carbonyl (C=O) groups is 1. The summed E-state index contributed by atoms with van der Waals surface area (Å²) in [5, 5.41) is 6.28. The number of thiazole rings is 1. The van der Waals surface area contributed by atoms with Crippen molar-refractivity contribution in [2.24, 2.45) is 5.92 Å². The zero-order valence-corrected chi connectivity index (χ0v) is 11.0. The molecule has 1 fully saturated rings. The Labute approximate surface area is 106 Å². The van der Waals surface area contributed by atoms with Crippen LogP contribution in [-0.4, -0.2) is 24.0 Å². The van der Waals surface area contributed by atoms with Crippen molar-refractivity contribution in [2.45, 2.75) is 32.7 Å². The molecule has 5 heteroatoms. The molecule has 1 aliphatic rings. The van der Waals surface area contributed by atoms with Crippen LogP contribution in [0.1, 0.15) is 29.8 Å². The highest BCUT2D eigenvalue weighted by molar-refractivity contribution is 7.09. The van der Waals surface area contributed by atoms with E-state index in [0.29, 0.717) is 18.9 Å². The number of amides is 1. The summed E-state index contributed by atoms with van der Waals surface area (Å²) in [7, 11) is 0. The first-order valence-corrected chi connectivity index (χ1v) is 7.00. The second kappa shape index (κ2) is 6.12. The summed E-state index contributed by atoms with van der Waals surface area (Å²) in [5.74, 6) is 0.843. The van der Waals surface area contributed by atoms with Crippen LogP contribution in [-0.2, 0) is 11.3 Å². The van der Waals surface area contributed by atoms with Gasteiger partial charge in [0.15, 0.2) is 0 Å². The Morgan fingerprint density at radius 2 is 2.59 bits per heavy atom. The minimum Gasteiger partial charge on any atom is -0.351 e. The number of hydrogen-bond donors (Lipinski definition) is 2. The lowest BCUT2D eigenvalue weighted by atomic mass is 10.0. The third-order valence-electron chi connectivity index (χ3n) is 3.23. The molecule has 2 heterocycles. The van der Waals surface area contributed by atoms with Crippen molar-refractivity contribution in [2.75, 3.05) is 13.1 Å². The van der Waals surface area contributed by atoms with Gasteiger partial charge in [-0.05, 0) is 38.8 Å². The van der Waals surface area contributed by atoms with Gasteiger partial charge in [0.2, 0.25) is 5.91 Å². The van der Waals surface area contributed by atoms with Crippen molar-refractivity contribution < 1.29 is 4.79 Å². The number of rotatable bonds is 5. The lowest BCUT2D eigenvalue weighted by Crippen LogP contribution is -2.23. The Morgan fingerprint density at radius 3 is 3.24 bits per heavy atom. The number of nitrogens with one attached hydrogen (secondary N) is 2. The Kier molecular flexibility index (Phi) is 4.50. The van der Waals surface area contributed by atoms with Crippen molar-refractivity contribution in [3.05, 3.63) is 16.1 Å². The van der Waals surface area contributed by atoms with Gasteiger partial charge in [0.1, 0.15) is 0 Å². The van der Waals surface area contributed by atoms with Gasteiger partial charge >= 0.3 is 0 Å². The van der Waals surface area contributed by atoms with Crippen molar-refractivity contribution in [3.8, 4) is 0 Å². The number of nitrogens with zero attached hydrogens (tertiary/aromatic N) is 1. The van der Waals surface area contributed by atoms with E-state index in [4.69, 9.17) is 0 Å². The third-order valence-corrected chi connectivity index (χ3v) is 4.17. The van der Waals surface area contributed by atoms with E-state index in [9.17, 15) is 4.79 Å². The van der Waals surface area contributed by atoms with Crippen LogP contribution < -0.4 is 10.6 Å². The second-order valence-corrected chi connectivity index (χ2v) is 5.47. The van der Waals surface area contributed by atoms with Crippen LogP contribution in [0, 0.1) is 12.8 Å². The molecule has 1 aromatic heterocycles. The van der Waals surface area contributed by atoms with E-state index in [1.54, 1.807) is 11.3 Å². The summed E-state index contributed by atoms with van der Waals surface area (Å²) >= 11 is 1.60. The molecule has 0 bridgehead atoms. The predicted molar refractivity (Wildman–Crippen MR) is 68.9 cm³/mol. The number of aromatic nitrogens is 1. The molecule has 1 saturated heterocycles. The molecule has 0 aromatic carbocycles. The van der Waals surface area contributed by atoms with Crippen molar-refractivity contribution in [1.82, 2.24) is 15.6 Å². The summed E-state index contributed by atoms with van der Waals surface area (Å²) in [6.45, 7) is 4.77. The Hall–Kier alpha value is -0.940. The summed E-state index contributed by atoms with van der Waals surface area (Å²) in [5.41, 5.74) is 2.84. The van der Waals surface area contributed by atoms with E-state index in [1.807, 2.05) is 12.4 Å². The van der Waals surface area contributed by atoms with Gasteiger partial charge in [-0.15, -0.1) is 11.3 Å². The highest BCUT2D eigenvalue weighted by Gasteiger charge is 2.15.